The first kappa shape index (κ1) is 17.1. The van der Waals surface area contributed by atoms with E-state index in [0.717, 1.165) is 16.2 Å². The summed E-state index contributed by atoms with van der Waals surface area (Å²) in [6.45, 7) is 3.32. The molecule has 8 heteroatoms. The van der Waals surface area contributed by atoms with E-state index in [4.69, 9.17) is 4.74 Å². The summed E-state index contributed by atoms with van der Waals surface area (Å²) in [6.07, 6.45) is 0.348. The molecule has 0 spiro atoms. The molecule has 0 aliphatic heterocycles. The molecule has 0 saturated heterocycles. The van der Waals surface area contributed by atoms with Gasteiger partial charge in [0.1, 0.15) is 18.2 Å². The number of amides is 1. The van der Waals surface area contributed by atoms with Crippen LogP contribution in [0.1, 0.15) is 22.7 Å². The number of hydrogen-bond acceptors (Lipinski definition) is 6. The normalized spacial score (nSPS) is 10.6. The van der Waals surface area contributed by atoms with Crippen molar-refractivity contribution >= 4 is 17.2 Å². The summed E-state index contributed by atoms with van der Waals surface area (Å²) in [6, 6.07) is 11.8. The van der Waals surface area contributed by atoms with Crippen molar-refractivity contribution in [1.82, 2.24) is 25.5 Å². The molecule has 1 aromatic carbocycles. The zero-order valence-electron chi connectivity index (χ0n) is 13.9. The van der Waals surface area contributed by atoms with Gasteiger partial charge >= 0.3 is 0 Å². The van der Waals surface area contributed by atoms with Crippen molar-refractivity contribution in [1.29, 1.82) is 0 Å². The number of benzene rings is 1. The number of aromatic nitrogens is 4. The number of aryl methyl sites for hydroxylation is 2. The van der Waals surface area contributed by atoms with Crippen LogP contribution in [0, 0.1) is 6.92 Å². The molecular weight excluding hydrogens is 338 g/mol. The molecule has 0 aliphatic rings. The second-order valence-electron chi connectivity index (χ2n) is 5.50. The van der Waals surface area contributed by atoms with Crippen LogP contribution in [0.3, 0.4) is 0 Å². The van der Waals surface area contributed by atoms with E-state index in [-0.39, 0.29) is 5.91 Å². The Labute approximate surface area is 149 Å². The van der Waals surface area contributed by atoms with E-state index in [1.165, 1.54) is 0 Å². The summed E-state index contributed by atoms with van der Waals surface area (Å²) in [5, 5.41) is 16.1. The summed E-state index contributed by atoms with van der Waals surface area (Å²) in [5.74, 6) is 1.53. The summed E-state index contributed by atoms with van der Waals surface area (Å²) in [7, 11) is 0. The third-order valence-electron chi connectivity index (χ3n) is 3.58. The Balaban J connectivity index is 1.40. The molecule has 0 radical (unpaired) electrons. The van der Waals surface area contributed by atoms with Gasteiger partial charge in [-0.3, -0.25) is 4.79 Å². The molecule has 2 aromatic heterocycles. The minimum Gasteiger partial charge on any atom is -0.489 e. The first-order valence-corrected chi connectivity index (χ1v) is 8.82. The Kier molecular flexibility index (Phi) is 5.73. The maximum absolute atomic E-state index is 11.9. The van der Waals surface area contributed by atoms with Crippen molar-refractivity contribution in [2.75, 3.05) is 0 Å². The van der Waals surface area contributed by atoms with Crippen molar-refractivity contribution in [3.63, 3.8) is 0 Å². The Morgan fingerprint density at radius 3 is 2.92 bits per heavy atom. The molecule has 0 fully saturated rings. The molecule has 1 N–H and O–H groups in total. The SMILES string of the molecule is Cc1nnnn1CCC(=O)NCc1cc(COc2ccccc2)cs1. The molecule has 3 rings (SSSR count). The van der Waals surface area contributed by atoms with Crippen molar-refractivity contribution in [3.8, 4) is 5.75 Å². The van der Waals surface area contributed by atoms with Crippen LogP contribution in [0.5, 0.6) is 5.75 Å². The molecule has 0 unspecified atom stereocenters. The van der Waals surface area contributed by atoms with Gasteiger partial charge in [0.25, 0.3) is 0 Å². The fourth-order valence-corrected chi connectivity index (χ4v) is 3.03. The monoisotopic (exact) mass is 357 g/mol. The lowest BCUT2D eigenvalue weighted by atomic mass is 10.3. The van der Waals surface area contributed by atoms with Crippen LogP contribution in [0.4, 0.5) is 0 Å². The molecule has 0 saturated carbocycles. The zero-order valence-corrected chi connectivity index (χ0v) is 14.7. The van der Waals surface area contributed by atoms with Crippen LogP contribution in [-0.4, -0.2) is 26.1 Å². The minimum absolute atomic E-state index is 0.0228. The van der Waals surface area contributed by atoms with Crippen LogP contribution in [0.25, 0.3) is 0 Å². The number of carbonyl (C=O) groups is 1. The number of nitrogens with zero attached hydrogens (tertiary/aromatic N) is 4. The Bertz CT molecular complexity index is 815. The van der Waals surface area contributed by atoms with E-state index >= 15 is 0 Å². The molecule has 0 bridgehead atoms. The van der Waals surface area contributed by atoms with Crippen molar-refractivity contribution < 1.29 is 9.53 Å². The molecule has 3 aromatic rings. The minimum atomic E-state index is -0.0228. The number of ether oxygens (including phenoxy) is 1. The molecule has 2 heterocycles. The van der Waals surface area contributed by atoms with Crippen LogP contribution in [0.15, 0.2) is 41.8 Å². The highest BCUT2D eigenvalue weighted by Crippen LogP contribution is 2.17. The third-order valence-corrected chi connectivity index (χ3v) is 4.56. The van der Waals surface area contributed by atoms with E-state index in [9.17, 15) is 4.79 Å². The summed E-state index contributed by atoms with van der Waals surface area (Å²) >= 11 is 1.61. The van der Waals surface area contributed by atoms with Crippen molar-refractivity contribution in [2.24, 2.45) is 0 Å². The largest absolute Gasteiger partial charge is 0.489 e. The highest BCUT2D eigenvalue weighted by molar-refractivity contribution is 7.10. The highest BCUT2D eigenvalue weighted by Gasteiger charge is 2.07. The Morgan fingerprint density at radius 2 is 2.16 bits per heavy atom. The predicted molar refractivity (Wildman–Crippen MR) is 94.1 cm³/mol. The lowest BCUT2D eigenvalue weighted by Gasteiger charge is -2.04. The number of thiophene rings is 1. The molecule has 25 heavy (non-hydrogen) atoms. The van der Waals surface area contributed by atoms with Gasteiger partial charge in [0.05, 0.1) is 13.1 Å². The molecule has 130 valence electrons. The van der Waals surface area contributed by atoms with Crippen LogP contribution >= 0.6 is 11.3 Å². The lowest BCUT2D eigenvalue weighted by Crippen LogP contribution is -2.24. The van der Waals surface area contributed by atoms with Crippen LogP contribution in [0.2, 0.25) is 0 Å². The van der Waals surface area contributed by atoms with E-state index in [1.807, 2.05) is 37.3 Å². The summed E-state index contributed by atoms with van der Waals surface area (Å²) in [4.78, 5) is 13.0. The number of rotatable bonds is 8. The lowest BCUT2D eigenvalue weighted by molar-refractivity contribution is -0.121. The Hall–Kier alpha value is -2.74. The van der Waals surface area contributed by atoms with Gasteiger partial charge in [-0.05, 0) is 40.9 Å². The van der Waals surface area contributed by atoms with E-state index in [0.29, 0.717) is 31.9 Å². The fraction of sp³-hybridized carbons (Fsp3) is 0.294. The van der Waals surface area contributed by atoms with Gasteiger partial charge in [-0.25, -0.2) is 4.68 Å². The van der Waals surface area contributed by atoms with Crippen molar-refractivity contribution in [2.45, 2.75) is 33.0 Å². The molecule has 1 amide bonds. The number of carbonyl (C=O) groups excluding carboxylic acids is 1. The third kappa shape index (κ3) is 5.12. The maximum atomic E-state index is 11.9. The molecule has 0 atom stereocenters. The van der Waals surface area contributed by atoms with Gasteiger partial charge in [-0.1, -0.05) is 18.2 Å². The number of tetrazole rings is 1. The standard InChI is InChI=1S/C17H19N5O2S/c1-13-19-20-21-22(13)8-7-17(23)18-10-16-9-14(12-25-16)11-24-15-5-3-2-4-6-15/h2-6,9,12H,7-8,10-11H2,1H3,(H,18,23). The first-order valence-electron chi connectivity index (χ1n) is 7.94. The van der Waals surface area contributed by atoms with Crippen molar-refractivity contribution in [3.05, 3.63) is 58.0 Å². The van der Waals surface area contributed by atoms with Gasteiger partial charge in [-0.15, -0.1) is 16.4 Å². The smallest absolute Gasteiger partial charge is 0.222 e. The second-order valence-corrected chi connectivity index (χ2v) is 6.49. The quantitative estimate of drug-likeness (QED) is 0.669. The number of hydrogen-bond donors (Lipinski definition) is 1. The van der Waals surface area contributed by atoms with Gasteiger partial charge in [0.15, 0.2) is 0 Å². The van der Waals surface area contributed by atoms with Gasteiger partial charge in [0, 0.05) is 16.9 Å². The number of nitrogens with one attached hydrogen (secondary N) is 1. The predicted octanol–water partition coefficient (Wildman–Crippen LogP) is 2.33. The van der Waals surface area contributed by atoms with Crippen LogP contribution < -0.4 is 10.1 Å². The fourth-order valence-electron chi connectivity index (χ4n) is 2.22. The maximum Gasteiger partial charge on any atom is 0.222 e. The van der Waals surface area contributed by atoms with E-state index in [2.05, 4.69) is 32.3 Å². The van der Waals surface area contributed by atoms with Gasteiger partial charge < -0.3 is 10.1 Å². The van der Waals surface area contributed by atoms with Crippen LogP contribution in [-0.2, 0) is 24.5 Å². The average molecular weight is 357 g/mol. The number of para-hydroxylation sites is 1. The second kappa shape index (κ2) is 8.39. The zero-order chi connectivity index (χ0) is 17.5. The van der Waals surface area contributed by atoms with E-state index in [1.54, 1.807) is 16.0 Å². The Morgan fingerprint density at radius 1 is 1.32 bits per heavy atom. The molecular formula is C17H19N5O2S. The van der Waals surface area contributed by atoms with E-state index < -0.39 is 0 Å². The molecule has 0 aliphatic carbocycles. The summed E-state index contributed by atoms with van der Waals surface area (Å²) < 4.78 is 7.33. The van der Waals surface area contributed by atoms with Gasteiger partial charge in [-0.2, -0.15) is 0 Å². The molecule has 7 nitrogen and oxygen atoms in total. The average Bonchev–Trinajstić information content (AvgIpc) is 3.26. The first-order chi connectivity index (χ1) is 12.2. The highest BCUT2D eigenvalue weighted by atomic mass is 32.1. The summed E-state index contributed by atoms with van der Waals surface area (Å²) in [5.41, 5.74) is 1.10. The topological polar surface area (TPSA) is 81.9 Å². The van der Waals surface area contributed by atoms with Gasteiger partial charge in [0.2, 0.25) is 5.91 Å².